The Balaban J connectivity index is 3.43. The third-order valence-electron chi connectivity index (χ3n) is 1.45. The first-order valence-corrected chi connectivity index (χ1v) is 6.88. The second kappa shape index (κ2) is 4.33. The van der Waals surface area contributed by atoms with Gasteiger partial charge in [-0.3, -0.25) is 0 Å². The number of rotatable bonds is 2. The maximum atomic E-state index is 10.8. The number of benzene rings is 1. The van der Waals surface area contributed by atoms with Crippen molar-refractivity contribution in [1.29, 1.82) is 0 Å². The number of halogens is 1. The van der Waals surface area contributed by atoms with Crippen LogP contribution in [0.15, 0.2) is 12.1 Å². The van der Waals surface area contributed by atoms with E-state index in [9.17, 15) is 19.0 Å². The van der Waals surface area contributed by atoms with Crippen molar-refractivity contribution < 1.29 is 17.9 Å². The Bertz CT molecular complexity index is 421. The van der Waals surface area contributed by atoms with Crippen molar-refractivity contribution in [3.63, 3.8) is 0 Å². The summed E-state index contributed by atoms with van der Waals surface area (Å²) in [5.41, 5.74) is -0.545. The Labute approximate surface area is 96.7 Å². The number of nitro benzene ring substituents is 1. The van der Waals surface area contributed by atoms with Crippen molar-refractivity contribution in [3.05, 3.63) is 25.8 Å². The molecule has 1 aromatic carbocycles. The Morgan fingerprint density at radius 1 is 1.50 bits per heavy atom. The van der Waals surface area contributed by atoms with E-state index in [0.29, 0.717) is 0 Å². The number of aromatic hydroxyl groups is 1. The molecule has 1 rings (SSSR count). The van der Waals surface area contributed by atoms with Crippen molar-refractivity contribution >= 4 is 47.6 Å². The molecule has 0 fully saturated rings. The summed E-state index contributed by atoms with van der Waals surface area (Å²) in [6.07, 6.45) is 0. The van der Waals surface area contributed by atoms with Crippen LogP contribution in [0.4, 0.5) is 5.69 Å². The van der Waals surface area contributed by atoms with Crippen LogP contribution in [0.5, 0.6) is 5.75 Å². The van der Waals surface area contributed by atoms with Gasteiger partial charge >= 0.3 is 97.0 Å². The molecule has 1 atom stereocenters. The molecule has 0 heterocycles. The summed E-state index contributed by atoms with van der Waals surface area (Å²) in [5, 5.41) is 19.7. The number of hydrogen-bond acceptors (Lipinski definition) is 4. The van der Waals surface area contributed by atoms with E-state index in [2.05, 4.69) is 0 Å². The number of phenols is 1. The summed E-state index contributed by atoms with van der Waals surface area (Å²) < 4.78 is 19.8. The Kier molecular flexibility index (Phi) is 3.57. The summed E-state index contributed by atoms with van der Waals surface area (Å²) >= 11 is -1.72. The second-order valence-electron chi connectivity index (χ2n) is 2.33. The van der Waals surface area contributed by atoms with E-state index in [1.54, 1.807) is 22.6 Å². The first-order valence-electron chi connectivity index (χ1n) is 3.26. The van der Waals surface area contributed by atoms with Gasteiger partial charge in [0.15, 0.2) is 0 Å². The molecule has 0 aliphatic heterocycles. The van der Waals surface area contributed by atoms with Crippen LogP contribution in [-0.2, 0) is 3.74 Å². The van der Waals surface area contributed by atoms with Crippen LogP contribution in [0, 0.1) is 13.7 Å². The van der Waals surface area contributed by atoms with Gasteiger partial charge in [0.1, 0.15) is 0 Å². The van der Waals surface area contributed by atoms with Crippen LogP contribution < -0.4 is 4.35 Å². The van der Waals surface area contributed by atoms with Gasteiger partial charge in [0.2, 0.25) is 0 Å². The van der Waals surface area contributed by atoms with Crippen LogP contribution in [0.1, 0.15) is 0 Å². The average molecular weight is 372 g/mol. The van der Waals surface area contributed by atoms with Crippen LogP contribution in [0.2, 0.25) is 0 Å². The van der Waals surface area contributed by atoms with Crippen molar-refractivity contribution in [2.75, 3.05) is 0 Å². The minimum atomic E-state index is -3.38. The first kappa shape index (κ1) is 11.5. The van der Waals surface area contributed by atoms with Gasteiger partial charge in [0.05, 0.1) is 0 Å². The van der Waals surface area contributed by atoms with Gasteiger partial charge in [-0.05, 0) is 0 Å². The second-order valence-corrected chi connectivity index (χ2v) is 5.72. The first-order chi connectivity index (χ1) is 6.43. The van der Waals surface area contributed by atoms with Gasteiger partial charge in [-0.15, -0.1) is 0 Å². The summed E-state index contributed by atoms with van der Waals surface area (Å²) in [5.74, 6) is -0.477. The van der Waals surface area contributed by atoms with Gasteiger partial charge in [-0.25, -0.2) is 0 Å². The van der Waals surface area contributed by atoms with E-state index in [4.69, 9.17) is 4.10 Å². The zero-order valence-corrected chi connectivity index (χ0v) is 10.6. The molecule has 8 heteroatoms. The molecule has 1 unspecified atom stereocenters. The quantitative estimate of drug-likeness (QED) is 0.330. The third-order valence-corrected chi connectivity index (χ3v) is 3.74. The van der Waals surface area contributed by atoms with E-state index >= 15 is 0 Å². The summed E-state index contributed by atoms with van der Waals surface area (Å²) in [6, 6.07) is 2.18. The fourth-order valence-electron chi connectivity index (χ4n) is 0.820. The molecule has 0 aromatic heterocycles. The molecule has 0 saturated carbocycles. The van der Waals surface area contributed by atoms with E-state index < -0.39 is 31.3 Å². The van der Waals surface area contributed by atoms with Crippen molar-refractivity contribution in [1.82, 2.24) is 0 Å². The van der Waals surface area contributed by atoms with Gasteiger partial charge in [0, 0.05) is 0 Å². The topological polar surface area (TPSA) is 101 Å². The number of nitrogens with zero attached hydrogens (tertiary/aromatic N) is 1. The molecule has 0 bridgehead atoms. The van der Waals surface area contributed by atoms with Gasteiger partial charge in [-0.2, -0.15) is 0 Å². The van der Waals surface area contributed by atoms with Crippen LogP contribution >= 0.6 is 22.6 Å². The number of nitro groups is 1. The van der Waals surface area contributed by atoms with E-state index in [0.717, 1.165) is 6.07 Å². The van der Waals surface area contributed by atoms with Crippen molar-refractivity contribution in [3.8, 4) is 5.75 Å². The molecule has 0 amide bonds. The minimum absolute atomic E-state index is 0.00593. The predicted molar refractivity (Wildman–Crippen MR) is 55.8 cm³/mol. The molecule has 1 radical (unpaired) electrons. The average Bonchev–Trinajstić information content (AvgIpc) is 2.08. The van der Waals surface area contributed by atoms with Gasteiger partial charge in [0.25, 0.3) is 0 Å². The summed E-state index contributed by atoms with van der Waals surface area (Å²) in [7, 11) is 0. The normalized spacial score (nSPS) is 11.1. The van der Waals surface area contributed by atoms with Crippen LogP contribution in [-0.4, -0.2) is 29.1 Å². The van der Waals surface area contributed by atoms with E-state index in [-0.39, 0.29) is 7.92 Å². The van der Waals surface area contributed by atoms with Gasteiger partial charge in [-0.1, -0.05) is 0 Å². The van der Waals surface area contributed by atoms with Crippen LogP contribution in [0.25, 0.3) is 0 Å². The molecule has 0 saturated heterocycles. The molecule has 14 heavy (non-hydrogen) atoms. The Morgan fingerprint density at radius 2 is 2.07 bits per heavy atom. The number of phenolic OH excluding ortho intramolecular Hbond substituents is 1. The van der Waals surface area contributed by atoms with Crippen LogP contribution in [0.3, 0.4) is 0 Å². The standard InChI is InChI=1S/C6H4AsINO5/c8-4-1-3(7(11)12)2-5(6(4)10)9(13)14/h1-2,10H,(H,11,12). The molecule has 1 aromatic rings. The molecule has 0 aliphatic carbocycles. The Morgan fingerprint density at radius 3 is 2.50 bits per heavy atom. The zero-order chi connectivity index (χ0) is 10.9. The molecule has 2 N–H and O–H groups in total. The molecule has 6 nitrogen and oxygen atoms in total. The zero-order valence-electron chi connectivity index (χ0n) is 6.55. The molecule has 75 valence electrons. The SMILES string of the molecule is O=[N+]([O-])c1cc([As](=O)O)cc(I)c1O. The Hall–Kier alpha value is -0.532. The molecular formula is C6H4AsINO5. The maximum absolute atomic E-state index is 10.8. The summed E-state index contributed by atoms with van der Waals surface area (Å²) in [4.78, 5) is 9.63. The predicted octanol–water partition coefficient (Wildman–Crippen LogP) is 0.0230. The fraction of sp³-hybridized carbons (Fsp3) is 0. The third kappa shape index (κ3) is 2.28. The van der Waals surface area contributed by atoms with E-state index in [1.807, 2.05) is 0 Å². The molecule has 0 spiro atoms. The summed E-state index contributed by atoms with van der Waals surface area (Å²) in [6.45, 7) is 0. The van der Waals surface area contributed by atoms with E-state index in [1.165, 1.54) is 6.07 Å². The van der Waals surface area contributed by atoms with Gasteiger partial charge < -0.3 is 0 Å². The fourth-order valence-corrected chi connectivity index (χ4v) is 2.96. The number of hydrogen-bond donors (Lipinski definition) is 2. The van der Waals surface area contributed by atoms with Crippen molar-refractivity contribution in [2.24, 2.45) is 0 Å². The van der Waals surface area contributed by atoms with Crippen molar-refractivity contribution in [2.45, 2.75) is 0 Å². The molecular weight excluding hydrogens is 368 g/mol. The monoisotopic (exact) mass is 372 g/mol. The molecule has 0 aliphatic rings.